The van der Waals surface area contributed by atoms with Crippen molar-refractivity contribution in [2.75, 3.05) is 19.8 Å². The van der Waals surface area contributed by atoms with Crippen molar-refractivity contribution < 1.29 is 31.1 Å². The van der Waals surface area contributed by atoms with Crippen molar-refractivity contribution in [2.45, 2.75) is 44.6 Å². The maximum absolute atomic E-state index is 13.4. The zero-order valence-electron chi connectivity index (χ0n) is 17.5. The Morgan fingerprint density at radius 1 is 0.875 bits per heavy atom. The molecule has 1 aliphatic heterocycles. The number of rotatable bonds is 4. The van der Waals surface area contributed by atoms with E-state index in [-0.39, 0.29) is 16.9 Å². The molecule has 1 aliphatic rings. The summed E-state index contributed by atoms with van der Waals surface area (Å²) in [4.78, 5) is 2.18. The minimum atomic E-state index is -4.60. The van der Waals surface area contributed by atoms with Gasteiger partial charge in [-0.1, -0.05) is 25.5 Å². The van der Waals surface area contributed by atoms with Gasteiger partial charge in [-0.2, -0.15) is 26.3 Å². The van der Waals surface area contributed by atoms with Gasteiger partial charge >= 0.3 is 12.4 Å². The van der Waals surface area contributed by atoms with Gasteiger partial charge in [0.2, 0.25) is 0 Å². The average Bonchev–Trinajstić information content (AvgIpc) is 2.75. The van der Waals surface area contributed by atoms with Gasteiger partial charge in [0.05, 0.1) is 24.0 Å². The molecular weight excluding hydrogens is 432 g/mol. The molecule has 32 heavy (non-hydrogen) atoms. The SMILES string of the molecule is CCCCN1CCC(c2cc3ccc(C(F)(F)F)cc3c3cc(C(F)(F)F)ccc23)OC1. The van der Waals surface area contributed by atoms with Crippen LogP contribution in [0.1, 0.15) is 49.0 Å². The third-order valence-electron chi connectivity index (χ3n) is 5.98. The number of hydrogen-bond acceptors (Lipinski definition) is 2. The van der Waals surface area contributed by atoms with Gasteiger partial charge < -0.3 is 4.74 Å². The molecule has 172 valence electrons. The minimum Gasteiger partial charge on any atom is -0.358 e. The van der Waals surface area contributed by atoms with Gasteiger partial charge in [0.25, 0.3) is 0 Å². The number of halogens is 6. The third-order valence-corrected chi connectivity index (χ3v) is 5.98. The molecule has 1 unspecified atom stereocenters. The average molecular weight is 455 g/mol. The first-order valence-corrected chi connectivity index (χ1v) is 10.6. The topological polar surface area (TPSA) is 12.5 Å². The van der Waals surface area contributed by atoms with Crippen molar-refractivity contribution in [1.29, 1.82) is 0 Å². The predicted octanol–water partition coefficient (Wildman–Crippen LogP) is 7.55. The molecule has 0 aromatic heterocycles. The van der Waals surface area contributed by atoms with Crippen molar-refractivity contribution >= 4 is 21.5 Å². The van der Waals surface area contributed by atoms with E-state index in [2.05, 4.69) is 11.8 Å². The van der Waals surface area contributed by atoms with E-state index in [0.717, 1.165) is 50.2 Å². The van der Waals surface area contributed by atoms with E-state index < -0.39 is 23.5 Å². The maximum Gasteiger partial charge on any atom is 0.416 e. The van der Waals surface area contributed by atoms with Crippen molar-refractivity contribution in [1.82, 2.24) is 4.90 Å². The zero-order valence-corrected chi connectivity index (χ0v) is 17.5. The van der Waals surface area contributed by atoms with Crippen LogP contribution in [0.5, 0.6) is 0 Å². The summed E-state index contributed by atoms with van der Waals surface area (Å²) in [5.41, 5.74) is -1.08. The lowest BCUT2D eigenvalue weighted by atomic mass is 9.91. The molecule has 1 atom stereocenters. The summed E-state index contributed by atoms with van der Waals surface area (Å²) in [7, 11) is 0. The Labute approximate surface area is 181 Å². The summed E-state index contributed by atoms with van der Waals surface area (Å²) in [6.07, 6.45) is -6.75. The minimum absolute atomic E-state index is 0.144. The molecule has 0 bridgehead atoms. The maximum atomic E-state index is 13.4. The number of hydrogen-bond donors (Lipinski definition) is 0. The summed E-state index contributed by atoms with van der Waals surface area (Å²) >= 11 is 0. The summed E-state index contributed by atoms with van der Waals surface area (Å²) in [6.45, 7) is 4.22. The number of alkyl halides is 6. The lowest BCUT2D eigenvalue weighted by Gasteiger charge is -2.33. The molecular formula is C24H23F6NO. The fourth-order valence-electron chi connectivity index (χ4n) is 4.24. The highest BCUT2D eigenvalue weighted by molar-refractivity contribution is 6.09. The highest BCUT2D eigenvalue weighted by Crippen LogP contribution is 2.41. The molecule has 0 amide bonds. The molecule has 2 nitrogen and oxygen atoms in total. The Morgan fingerprint density at radius 2 is 1.53 bits per heavy atom. The fourth-order valence-corrected chi connectivity index (χ4v) is 4.24. The van der Waals surface area contributed by atoms with Crippen LogP contribution in [-0.4, -0.2) is 24.7 Å². The molecule has 0 radical (unpaired) electrons. The molecule has 0 N–H and O–H groups in total. The van der Waals surface area contributed by atoms with E-state index in [0.29, 0.717) is 29.5 Å². The first-order valence-electron chi connectivity index (χ1n) is 10.6. The fraction of sp³-hybridized carbons (Fsp3) is 0.417. The molecule has 0 saturated carbocycles. The van der Waals surface area contributed by atoms with Crippen LogP contribution in [0.15, 0.2) is 42.5 Å². The molecule has 1 heterocycles. The number of fused-ring (bicyclic) bond motifs is 3. The Hall–Kier alpha value is -2.32. The van der Waals surface area contributed by atoms with Gasteiger partial charge in [0, 0.05) is 13.1 Å². The van der Waals surface area contributed by atoms with Crippen molar-refractivity contribution in [2.24, 2.45) is 0 Å². The number of nitrogens with zero attached hydrogens (tertiary/aromatic N) is 1. The molecule has 8 heteroatoms. The van der Waals surface area contributed by atoms with Crippen molar-refractivity contribution in [3.05, 3.63) is 59.2 Å². The first-order chi connectivity index (χ1) is 15.1. The van der Waals surface area contributed by atoms with Crippen LogP contribution in [0, 0.1) is 0 Å². The molecule has 4 rings (SSSR count). The molecule has 3 aromatic carbocycles. The van der Waals surface area contributed by atoms with Crippen molar-refractivity contribution in [3.8, 4) is 0 Å². The second-order valence-corrected chi connectivity index (χ2v) is 8.20. The molecule has 1 saturated heterocycles. The van der Waals surface area contributed by atoms with Gasteiger partial charge in [-0.05, 0) is 70.3 Å². The predicted molar refractivity (Wildman–Crippen MR) is 111 cm³/mol. The second kappa shape index (κ2) is 8.56. The highest BCUT2D eigenvalue weighted by atomic mass is 19.4. The third kappa shape index (κ3) is 4.57. The van der Waals surface area contributed by atoms with E-state index in [1.807, 2.05) is 0 Å². The number of ether oxygens (including phenoxy) is 1. The zero-order chi connectivity index (χ0) is 23.1. The largest absolute Gasteiger partial charge is 0.416 e. The standard InChI is InChI=1S/C24H23F6NO/c1-2-3-9-31-10-8-22(32-14-31)21-11-15-4-5-16(23(25,26)27)12-19(15)20-13-17(24(28,29)30)6-7-18(20)21/h4-7,11-13,22H,2-3,8-10,14H2,1H3. The van der Waals surface area contributed by atoms with Gasteiger partial charge in [-0.15, -0.1) is 0 Å². The normalized spacial score (nSPS) is 18.5. The quantitative estimate of drug-likeness (QED) is 0.297. The monoisotopic (exact) mass is 455 g/mol. The van der Waals surface area contributed by atoms with Crippen LogP contribution in [0.3, 0.4) is 0 Å². The summed E-state index contributed by atoms with van der Waals surface area (Å²) < 4.78 is 86.0. The van der Waals surface area contributed by atoms with E-state index in [9.17, 15) is 26.3 Å². The Morgan fingerprint density at radius 3 is 2.12 bits per heavy atom. The van der Waals surface area contributed by atoms with Crippen LogP contribution >= 0.6 is 0 Å². The van der Waals surface area contributed by atoms with Gasteiger partial charge in [0.1, 0.15) is 0 Å². The molecule has 0 aliphatic carbocycles. The lowest BCUT2D eigenvalue weighted by Crippen LogP contribution is -2.35. The first kappa shape index (κ1) is 22.9. The summed E-state index contributed by atoms with van der Waals surface area (Å²) in [6, 6.07) is 8.21. The van der Waals surface area contributed by atoms with Crippen LogP contribution in [0.2, 0.25) is 0 Å². The Bertz CT molecular complexity index is 1110. The number of benzene rings is 3. The Kier molecular flexibility index (Phi) is 6.11. The van der Waals surface area contributed by atoms with Gasteiger partial charge in [0.15, 0.2) is 0 Å². The summed E-state index contributed by atoms with van der Waals surface area (Å²) in [5, 5.41) is 1.23. The van der Waals surface area contributed by atoms with E-state index in [1.54, 1.807) is 6.07 Å². The Balaban J connectivity index is 1.83. The number of unbranched alkanes of at least 4 members (excludes halogenated alkanes) is 1. The van der Waals surface area contributed by atoms with Crippen molar-refractivity contribution in [3.63, 3.8) is 0 Å². The van der Waals surface area contributed by atoms with Crippen LogP contribution in [-0.2, 0) is 17.1 Å². The summed E-state index contributed by atoms with van der Waals surface area (Å²) in [5.74, 6) is 0. The van der Waals surface area contributed by atoms with Crippen LogP contribution in [0.25, 0.3) is 21.5 Å². The molecule has 1 fully saturated rings. The van der Waals surface area contributed by atoms with E-state index in [4.69, 9.17) is 4.74 Å². The second-order valence-electron chi connectivity index (χ2n) is 8.20. The van der Waals surface area contributed by atoms with Gasteiger partial charge in [-0.25, -0.2) is 0 Å². The smallest absolute Gasteiger partial charge is 0.358 e. The van der Waals surface area contributed by atoms with Crippen LogP contribution < -0.4 is 0 Å². The lowest BCUT2D eigenvalue weighted by molar-refractivity contribution is -0.138. The van der Waals surface area contributed by atoms with E-state index >= 15 is 0 Å². The highest BCUT2D eigenvalue weighted by Gasteiger charge is 2.33. The molecule has 0 spiro atoms. The van der Waals surface area contributed by atoms with Gasteiger partial charge in [-0.3, -0.25) is 4.90 Å². The van der Waals surface area contributed by atoms with Crippen LogP contribution in [0.4, 0.5) is 26.3 Å². The molecule has 3 aromatic rings. The van der Waals surface area contributed by atoms with E-state index in [1.165, 1.54) is 12.1 Å².